The fraction of sp³-hybridized carbons (Fsp3) is 0.462. The fourth-order valence-electron chi connectivity index (χ4n) is 2.01. The lowest BCUT2D eigenvalue weighted by Crippen LogP contribution is -2.58. The average Bonchev–Trinajstić information content (AvgIpc) is 2.33. The van der Waals surface area contributed by atoms with E-state index in [-0.39, 0.29) is 17.7 Å². The summed E-state index contributed by atoms with van der Waals surface area (Å²) < 4.78 is 28.3. The summed E-state index contributed by atoms with van der Waals surface area (Å²) in [6, 6.07) is 6.00. The third-order valence-electron chi connectivity index (χ3n) is 3.13. The Morgan fingerprint density at radius 2 is 2.05 bits per heavy atom. The van der Waals surface area contributed by atoms with Gasteiger partial charge in [-0.05, 0) is 31.2 Å². The summed E-state index contributed by atoms with van der Waals surface area (Å²) in [6.45, 7) is 1.29. The van der Waals surface area contributed by atoms with E-state index in [9.17, 15) is 13.6 Å². The minimum Gasteiger partial charge on any atom is -0.435 e. The second-order valence-corrected chi connectivity index (χ2v) is 4.31. The predicted molar refractivity (Wildman–Crippen MR) is 66.4 cm³/mol. The molecule has 0 aromatic heterocycles. The van der Waals surface area contributed by atoms with Crippen LogP contribution in [0.2, 0.25) is 0 Å². The van der Waals surface area contributed by atoms with Crippen molar-refractivity contribution in [2.75, 3.05) is 19.6 Å². The van der Waals surface area contributed by atoms with E-state index in [0.717, 1.165) is 13.1 Å². The third kappa shape index (κ3) is 3.20. The molecule has 0 aliphatic carbocycles. The van der Waals surface area contributed by atoms with Crippen LogP contribution < -0.4 is 10.1 Å². The zero-order chi connectivity index (χ0) is 13.8. The van der Waals surface area contributed by atoms with Gasteiger partial charge in [0.2, 0.25) is 0 Å². The first kappa shape index (κ1) is 13.7. The van der Waals surface area contributed by atoms with E-state index in [1.807, 2.05) is 6.92 Å². The van der Waals surface area contributed by atoms with Crippen LogP contribution in [-0.4, -0.2) is 43.1 Å². The Morgan fingerprint density at radius 1 is 1.42 bits per heavy atom. The van der Waals surface area contributed by atoms with Crippen LogP contribution in [0.4, 0.5) is 8.78 Å². The fourth-order valence-corrected chi connectivity index (χ4v) is 2.01. The molecule has 1 amide bonds. The molecule has 1 aromatic rings. The van der Waals surface area contributed by atoms with Crippen molar-refractivity contribution in [2.45, 2.75) is 19.6 Å². The topological polar surface area (TPSA) is 41.6 Å². The normalized spacial score (nSPS) is 15.2. The number of carbonyl (C=O) groups excluding carboxylic acids is 1. The highest BCUT2D eigenvalue weighted by Gasteiger charge is 2.27. The molecule has 4 nitrogen and oxygen atoms in total. The molecule has 2 rings (SSSR count). The summed E-state index contributed by atoms with van der Waals surface area (Å²) in [6.07, 6.45) is 0. The molecule has 0 unspecified atom stereocenters. The number of likely N-dealkylation sites (N-methyl/N-ethyl adjacent to an activating group) is 1. The van der Waals surface area contributed by atoms with Crippen LogP contribution in [0, 0.1) is 0 Å². The van der Waals surface area contributed by atoms with Gasteiger partial charge in [-0.3, -0.25) is 4.79 Å². The number of ether oxygens (including phenoxy) is 1. The predicted octanol–water partition coefficient (Wildman–Crippen LogP) is 1.72. The molecule has 19 heavy (non-hydrogen) atoms. The van der Waals surface area contributed by atoms with E-state index in [1.54, 1.807) is 4.90 Å². The molecule has 1 saturated heterocycles. The highest BCUT2D eigenvalue weighted by Crippen LogP contribution is 2.17. The van der Waals surface area contributed by atoms with E-state index in [0.29, 0.717) is 12.1 Å². The molecule has 0 atom stereocenters. The van der Waals surface area contributed by atoms with E-state index in [4.69, 9.17) is 0 Å². The molecule has 1 aliphatic heterocycles. The lowest BCUT2D eigenvalue weighted by molar-refractivity contribution is -0.0498. The Hall–Kier alpha value is -1.69. The van der Waals surface area contributed by atoms with Crippen molar-refractivity contribution < 1.29 is 18.3 Å². The maximum Gasteiger partial charge on any atom is 0.387 e. The molecule has 0 saturated carbocycles. The number of hydrogen-bond acceptors (Lipinski definition) is 3. The second kappa shape index (κ2) is 5.97. The Bertz CT molecular complexity index is 433. The Balaban J connectivity index is 2.05. The van der Waals surface area contributed by atoms with Crippen LogP contribution in [-0.2, 0) is 0 Å². The van der Waals surface area contributed by atoms with Crippen LogP contribution in [0.3, 0.4) is 0 Å². The van der Waals surface area contributed by atoms with Crippen LogP contribution in [0.5, 0.6) is 5.75 Å². The largest absolute Gasteiger partial charge is 0.435 e. The van der Waals surface area contributed by atoms with Gasteiger partial charge in [-0.1, -0.05) is 0 Å². The molecule has 1 fully saturated rings. The number of carbonyl (C=O) groups is 1. The summed E-state index contributed by atoms with van der Waals surface area (Å²) in [5, 5.41) is 3.12. The molecular formula is C13H16F2N2O2. The Kier molecular flexibility index (Phi) is 4.31. The van der Waals surface area contributed by atoms with Crippen LogP contribution in [0.15, 0.2) is 24.3 Å². The molecule has 0 spiro atoms. The molecule has 0 bridgehead atoms. The SMILES string of the molecule is CCN(C(=O)c1ccc(OC(F)F)cc1)C1CNC1. The molecule has 0 radical (unpaired) electrons. The Morgan fingerprint density at radius 3 is 2.47 bits per heavy atom. The van der Waals surface area contributed by atoms with Gasteiger partial charge in [-0.15, -0.1) is 0 Å². The van der Waals surface area contributed by atoms with Crippen molar-refractivity contribution in [1.82, 2.24) is 10.2 Å². The first-order valence-corrected chi connectivity index (χ1v) is 6.18. The van der Waals surface area contributed by atoms with Crippen LogP contribution >= 0.6 is 0 Å². The molecule has 104 valence electrons. The van der Waals surface area contributed by atoms with Gasteiger partial charge in [0.15, 0.2) is 0 Å². The summed E-state index contributed by atoms with van der Waals surface area (Å²) in [5.74, 6) is -0.0301. The van der Waals surface area contributed by atoms with Gasteiger partial charge < -0.3 is 15.0 Å². The summed E-state index contributed by atoms with van der Waals surface area (Å²) in [7, 11) is 0. The molecule has 6 heteroatoms. The zero-order valence-corrected chi connectivity index (χ0v) is 10.6. The van der Waals surface area contributed by atoms with Gasteiger partial charge in [-0.25, -0.2) is 0 Å². The number of nitrogens with zero attached hydrogens (tertiary/aromatic N) is 1. The van der Waals surface area contributed by atoms with E-state index < -0.39 is 6.61 Å². The highest BCUT2D eigenvalue weighted by atomic mass is 19.3. The number of amides is 1. The lowest BCUT2D eigenvalue weighted by atomic mass is 10.1. The lowest BCUT2D eigenvalue weighted by Gasteiger charge is -2.37. The zero-order valence-electron chi connectivity index (χ0n) is 10.6. The molecule has 1 N–H and O–H groups in total. The smallest absolute Gasteiger partial charge is 0.387 e. The summed E-state index contributed by atoms with van der Waals surface area (Å²) >= 11 is 0. The van der Waals surface area contributed by atoms with E-state index >= 15 is 0 Å². The molecule has 1 aromatic carbocycles. The van der Waals surface area contributed by atoms with Crippen molar-refractivity contribution >= 4 is 5.91 Å². The van der Waals surface area contributed by atoms with Crippen molar-refractivity contribution in [3.63, 3.8) is 0 Å². The number of rotatable bonds is 5. The van der Waals surface area contributed by atoms with E-state index in [1.165, 1.54) is 24.3 Å². The highest BCUT2D eigenvalue weighted by molar-refractivity contribution is 5.94. The van der Waals surface area contributed by atoms with Gasteiger partial charge in [0.1, 0.15) is 5.75 Å². The quantitative estimate of drug-likeness (QED) is 0.886. The van der Waals surface area contributed by atoms with Gasteiger partial charge in [0.25, 0.3) is 5.91 Å². The summed E-state index contributed by atoms with van der Waals surface area (Å²) in [4.78, 5) is 14.0. The van der Waals surface area contributed by atoms with E-state index in [2.05, 4.69) is 10.1 Å². The van der Waals surface area contributed by atoms with Crippen molar-refractivity contribution in [1.29, 1.82) is 0 Å². The maximum atomic E-state index is 12.3. The first-order chi connectivity index (χ1) is 9.11. The molecular weight excluding hydrogens is 254 g/mol. The minimum absolute atomic E-state index is 0.0555. The Labute approximate surface area is 110 Å². The minimum atomic E-state index is -2.85. The van der Waals surface area contributed by atoms with Gasteiger partial charge >= 0.3 is 6.61 Å². The second-order valence-electron chi connectivity index (χ2n) is 4.31. The number of benzene rings is 1. The van der Waals surface area contributed by atoms with Crippen molar-refractivity contribution in [3.05, 3.63) is 29.8 Å². The van der Waals surface area contributed by atoms with Crippen LogP contribution in [0.25, 0.3) is 0 Å². The molecule has 1 aliphatic rings. The van der Waals surface area contributed by atoms with Crippen molar-refractivity contribution in [2.24, 2.45) is 0 Å². The van der Waals surface area contributed by atoms with Gasteiger partial charge in [-0.2, -0.15) is 8.78 Å². The number of hydrogen-bond donors (Lipinski definition) is 1. The number of nitrogens with one attached hydrogen (secondary N) is 1. The van der Waals surface area contributed by atoms with Gasteiger partial charge in [0.05, 0.1) is 6.04 Å². The number of halogens is 2. The first-order valence-electron chi connectivity index (χ1n) is 6.18. The van der Waals surface area contributed by atoms with Crippen LogP contribution in [0.1, 0.15) is 17.3 Å². The standard InChI is InChI=1S/C13H16F2N2O2/c1-2-17(10-7-16-8-10)12(18)9-3-5-11(6-4-9)19-13(14)15/h3-6,10,13,16H,2,7-8H2,1H3. The van der Waals surface area contributed by atoms with Gasteiger partial charge in [0, 0.05) is 25.2 Å². The molecule has 1 heterocycles. The number of alkyl halides is 2. The van der Waals surface area contributed by atoms with Crippen molar-refractivity contribution in [3.8, 4) is 5.75 Å². The monoisotopic (exact) mass is 270 g/mol. The third-order valence-corrected chi connectivity index (χ3v) is 3.13. The maximum absolute atomic E-state index is 12.3. The average molecular weight is 270 g/mol. The summed E-state index contributed by atoms with van der Waals surface area (Å²) in [5.41, 5.74) is 0.482.